The average molecular weight is 460 g/mol. The van der Waals surface area contributed by atoms with Crippen molar-refractivity contribution in [3.05, 3.63) is 75.5 Å². The summed E-state index contributed by atoms with van der Waals surface area (Å²) in [5.74, 6) is -2.20. The molecule has 2 aliphatic heterocycles. The van der Waals surface area contributed by atoms with Crippen molar-refractivity contribution in [3.8, 4) is 0 Å². The third kappa shape index (κ3) is 3.84. The van der Waals surface area contributed by atoms with Gasteiger partial charge in [-0.25, -0.2) is 4.39 Å². The molecular weight excluding hydrogens is 441 g/mol. The van der Waals surface area contributed by atoms with Gasteiger partial charge in [-0.05, 0) is 54.8 Å². The first-order valence-electron chi connectivity index (χ1n) is 9.37. The molecule has 0 aliphatic carbocycles. The number of Topliss-reactive ketones (excluding diaryl/α,β-unsaturated/α-hetero) is 1. The van der Waals surface area contributed by atoms with Crippen LogP contribution >= 0.6 is 15.9 Å². The van der Waals surface area contributed by atoms with Crippen LogP contribution in [0.1, 0.15) is 30.0 Å². The number of halogens is 2. The minimum atomic E-state index is -0.755. The van der Waals surface area contributed by atoms with E-state index in [1.54, 1.807) is 0 Å². The van der Waals surface area contributed by atoms with Gasteiger partial charge in [-0.1, -0.05) is 28.1 Å². The number of ether oxygens (including phenoxy) is 1. The van der Waals surface area contributed by atoms with E-state index in [4.69, 9.17) is 4.74 Å². The van der Waals surface area contributed by atoms with Crippen molar-refractivity contribution in [2.45, 2.75) is 25.0 Å². The Hall–Kier alpha value is -2.51. The molecule has 150 valence electrons. The molecule has 2 fully saturated rings. The molecule has 0 radical (unpaired) electrons. The van der Waals surface area contributed by atoms with Gasteiger partial charge in [-0.3, -0.25) is 9.59 Å². The minimum absolute atomic E-state index is 0.00212. The van der Waals surface area contributed by atoms with E-state index < -0.39 is 23.5 Å². The predicted octanol–water partition coefficient (Wildman–Crippen LogP) is 4.19. The maximum Gasteiger partial charge on any atom is 0.295 e. The van der Waals surface area contributed by atoms with Crippen molar-refractivity contribution in [2.75, 3.05) is 13.2 Å². The quantitative estimate of drug-likeness (QED) is 0.422. The fourth-order valence-electron chi connectivity index (χ4n) is 3.86. The lowest BCUT2D eigenvalue weighted by molar-refractivity contribution is -0.140. The molecule has 2 heterocycles. The molecule has 1 amide bonds. The number of likely N-dealkylation sites (tertiary alicyclic amines) is 1. The van der Waals surface area contributed by atoms with E-state index in [-0.39, 0.29) is 29.5 Å². The molecule has 2 aliphatic rings. The fourth-order valence-corrected chi connectivity index (χ4v) is 4.28. The van der Waals surface area contributed by atoms with Gasteiger partial charge >= 0.3 is 0 Å². The van der Waals surface area contributed by atoms with Gasteiger partial charge in [0.15, 0.2) is 0 Å². The lowest BCUT2D eigenvalue weighted by Crippen LogP contribution is -2.36. The highest BCUT2D eigenvalue weighted by Crippen LogP contribution is 2.40. The van der Waals surface area contributed by atoms with Crippen LogP contribution in [0.25, 0.3) is 5.76 Å². The SMILES string of the molecule is O=C1C(=O)N(C[C@H]2CCCO2)[C@H](c2cccc(Br)c2)C1=C(O)c1ccc(F)cc1. The van der Waals surface area contributed by atoms with E-state index in [1.165, 1.54) is 29.2 Å². The third-order valence-corrected chi connectivity index (χ3v) is 5.74. The Kier molecular flexibility index (Phi) is 5.52. The second kappa shape index (κ2) is 8.08. The highest BCUT2D eigenvalue weighted by Gasteiger charge is 2.47. The van der Waals surface area contributed by atoms with Gasteiger partial charge in [0.05, 0.1) is 17.7 Å². The van der Waals surface area contributed by atoms with Gasteiger partial charge in [0, 0.05) is 23.2 Å². The van der Waals surface area contributed by atoms with Crippen LogP contribution in [0.3, 0.4) is 0 Å². The van der Waals surface area contributed by atoms with Crippen LogP contribution in [0, 0.1) is 5.82 Å². The average Bonchev–Trinajstić information content (AvgIpc) is 3.30. The molecule has 2 aromatic rings. The van der Waals surface area contributed by atoms with Crippen molar-refractivity contribution in [1.82, 2.24) is 4.90 Å². The fraction of sp³-hybridized carbons (Fsp3) is 0.273. The van der Waals surface area contributed by atoms with E-state index in [0.29, 0.717) is 12.2 Å². The standard InChI is InChI=1S/C22H19BrFNO4/c23-15-4-1-3-14(11-15)19-18(20(26)13-6-8-16(24)9-7-13)21(27)22(28)25(19)12-17-5-2-10-29-17/h1,3-4,6-9,11,17,19,26H,2,5,10,12H2/t17-,19-/m1/s1. The third-order valence-electron chi connectivity index (χ3n) is 5.25. The molecule has 7 heteroatoms. The molecule has 5 nitrogen and oxygen atoms in total. The topological polar surface area (TPSA) is 66.8 Å². The Bertz CT molecular complexity index is 983. The lowest BCUT2D eigenvalue weighted by atomic mass is 9.95. The van der Waals surface area contributed by atoms with Crippen LogP contribution in [0.4, 0.5) is 4.39 Å². The van der Waals surface area contributed by atoms with E-state index >= 15 is 0 Å². The monoisotopic (exact) mass is 459 g/mol. The number of ketones is 1. The number of rotatable bonds is 4. The molecule has 0 aromatic heterocycles. The number of nitrogens with zero attached hydrogens (tertiary/aromatic N) is 1. The van der Waals surface area contributed by atoms with E-state index in [2.05, 4.69) is 15.9 Å². The number of carbonyl (C=O) groups excluding carboxylic acids is 2. The van der Waals surface area contributed by atoms with E-state index in [0.717, 1.165) is 17.3 Å². The summed E-state index contributed by atoms with van der Waals surface area (Å²) in [4.78, 5) is 27.2. The van der Waals surface area contributed by atoms with Crippen LogP contribution in [0.2, 0.25) is 0 Å². The van der Waals surface area contributed by atoms with Gasteiger partial charge in [-0.2, -0.15) is 0 Å². The Labute approximate surface area is 175 Å². The summed E-state index contributed by atoms with van der Waals surface area (Å²) in [5, 5.41) is 10.9. The first-order chi connectivity index (χ1) is 14.0. The predicted molar refractivity (Wildman–Crippen MR) is 109 cm³/mol. The molecule has 2 atom stereocenters. The highest BCUT2D eigenvalue weighted by molar-refractivity contribution is 9.10. The molecule has 2 saturated heterocycles. The van der Waals surface area contributed by atoms with Crippen molar-refractivity contribution < 1.29 is 23.8 Å². The number of aliphatic hydroxyl groups excluding tert-OH is 1. The number of hydrogen-bond donors (Lipinski definition) is 1. The van der Waals surface area contributed by atoms with Crippen molar-refractivity contribution in [1.29, 1.82) is 0 Å². The van der Waals surface area contributed by atoms with Crippen LogP contribution in [0.5, 0.6) is 0 Å². The molecule has 0 bridgehead atoms. The minimum Gasteiger partial charge on any atom is -0.507 e. The summed E-state index contributed by atoms with van der Waals surface area (Å²) in [6.07, 6.45) is 1.58. The summed E-state index contributed by atoms with van der Waals surface area (Å²) in [5.41, 5.74) is 0.972. The maximum atomic E-state index is 13.3. The summed E-state index contributed by atoms with van der Waals surface area (Å²) >= 11 is 3.42. The molecule has 0 spiro atoms. The zero-order valence-corrected chi connectivity index (χ0v) is 17.1. The summed E-state index contributed by atoms with van der Waals surface area (Å²) < 4.78 is 19.8. The number of amides is 1. The Morgan fingerprint density at radius 3 is 2.62 bits per heavy atom. The number of aliphatic hydroxyl groups is 1. The van der Waals surface area contributed by atoms with Crippen LogP contribution < -0.4 is 0 Å². The van der Waals surface area contributed by atoms with Gasteiger partial charge in [0.25, 0.3) is 11.7 Å². The highest BCUT2D eigenvalue weighted by atomic mass is 79.9. The van der Waals surface area contributed by atoms with Crippen molar-refractivity contribution in [2.24, 2.45) is 0 Å². The Morgan fingerprint density at radius 1 is 1.21 bits per heavy atom. The smallest absolute Gasteiger partial charge is 0.295 e. The number of carbonyl (C=O) groups is 2. The molecule has 1 N–H and O–H groups in total. The first-order valence-corrected chi connectivity index (χ1v) is 10.2. The number of hydrogen-bond acceptors (Lipinski definition) is 4. The van der Waals surface area contributed by atoms with Crippen molar-refractivity contribution in [3.63, 3.8) is 0 Å². The molecule has 0 unspecified atom stereocenters. The van der Waals surface area contributed by atoms with Crippen LogP contribution in [-0.2, 0) is 14.3 Å². The van der Waals surface area contributed by atoms with Gasteiger partial charge in [-0.15, -0.1) is 0 Å². The Morgan fingerprint density at radius 2 is 1.97 bits per heavy atom. The van der Waals surface area contributed by atoms with E-state index in [1.807, 2.05) is 24.3 Å². The molecule has 2 aromatic carbocycles. The second-order valence-electron chi connectivity index (χ2n) is 7.15. The largest absolute Gasteiger partial charge is 0.507 e. The van der Waals surface area contributed by atoms with Gasteiger partial charge < -0.3 is 14.7 Å². The first kappa shape index (κ1) is 19.8. The van der Waals surface area contributed by atoms with Gasteiger partial charge in [0.2, 0.25) is 0 Å². The molecule has 29 heavy (non-hydrogen) atoms. The lowest BCUT2D eigenvalue weighted by Gasteiger charge is -2.27. The summed E-state index contributed by atoms with van der Waals surface area (Å²) in [7, 11) is 0. The zero-order chi connectivity index (χ0) is 20.5. The molecule has 4 rings (SSSR count). The van der Waals surface area contributed by atoms with Crippen LogP contribution in [0.15, 0.2) is 58.6 Å². The normalized spacial score (nSPS) is 23.7. The number of benzene rings is 2. The molecular formula is C22H19BrFNO4. The van der Waals surface area contributed by atoms with Crippen molar-refractivity contribution >= 4 is 33.4 Å². The zero-order valence-electron chi connectivity index (χ0n) is 15.5. The molecule has 0 saturated carbocycles. The second-order valence-corrected chi connectivity index (χ2v) is 8.06. The maximum absolute atomic E-state index is 13.3. The summed E-state index contributed by atoms with van der Waals surface area (Å²) in [6, 6.07) is 11.7. The van der Waals surface area contributed by atoms with Crippen LogP contribution in [-0.4, -0.2) is 41.0 Å². The summed E-state index contributed by atoms with van der Waals surface area (Å²) in [6.45, 7) is 0.897. The van der Waals surface area contributed by atoms with Gasteiger partial charge in [0.1, 0.15) is 11.6 Å². The van der Waals surface area contributed by atoms with E-state index in [9.17, 15) is 19.1 Å². The Balaban J connectivity index is 1.83.